The summed E-state index contributed by atoms with van der Waals surface area (Å²) in [5.41, 5.74) is 2.42. The molecule has 0 amide bonds. The number of benzene rings is 4. The maximum atomic E-state index is 11.5. The van der Waals surface area contributed by atoms with Crippen molar-refractivity contribution in [2.24, 2.45) is 0 Å². The average Bonchev–Trinajstić information content (AvgIpc) is 3.10. The number of carbonyl (C=O) groups is 2. The number of aldehydes is 2. The molecule has 0 bridgehead atoms. The molecule has 0 fully saturated rings. The smallest absolute Gasteiger partial charge is 0.280 e. The van der Waals surface area contributed by atoms with E-state index in [1.807, 2.05) is 0 Å². The topological polar surface area (TPSA) is 207 Å². The van der Waals surface area contributed by atoms with Crippen molar-refractivity contribution in [3.05, 3.63) is 168 Å². The number of nitro groups is 4. The number of fused-ring (bicyclic) bond motifs is 2. The number of non-ortho nitro benzene ring substituents is 2. The Morgan fingerprint density at radius 1 is 0.540 bits per heavy atom. The van der Waals surface area contributed by atoms with Gasteiger partial charge in [-0.2, -0.15) is 0 Å². The average molecular weight is 717 g/mol. The van der Waals surface area contributed by atoms with E-state index >= 15 is 0 Å². The number of nitro benzene ring substituents is 4. The fraction of sp³-hybridized carbons (Fsp3) is 0.118. The number of allylic oxidation sites excluding steroid dienone is 2. The molecular weight excluding hydrogens is 695 g/mol. The molecule has 0 saturated carbocycles. The van der Waals surface area contributed by atoms with Crippen LogP contribution in [0.25, 0.3) is 12.2 Å². The normalized spacial score (nSPS) is 15.9. The quantitative estimate of drug-likeness (QED) is 0.0970. The van der Waals surface area contributed by atoms with Gasteiger partial charge in [0, 0.05) is 56.3 Å². The highest BCUT2D eigenvalue weighted by molar-refractivity contribution is 6.30. The van der Waals surface area contributed by atoms with Crippen LogP contribution in [0.4, 0.5) is 22.7 Å². The van der Waals surface area contributed by atoms with E-state index < -0.39 is 19.7 Å². The summed E-state index contributed by atoms with van der Waals surface area (Å²) in [5, 5.41) is 45.8. The predicted octanol–water partition coefficient (Wildman–Crippen LogP) is 8.16. The maximum absolute atomic E-state index is 11.5. The van der Waals surface area contributed by atoms with E-state index in [2.05, 4.69) is 0 Å². The first-order valence-electron chi connectivity index (χ1n) is 14.6. The lowest BCUT2D eigenvalue weighted by Gasteiger charge is -2.23. The highest BCUT2D eigenvalue weighted by Gasteiger charge is 2.32. The zero-order valence-corrected chi connectivity index (χ0v) is 26.9. The van der Waals surface area contributed by atoms with Crippen LogP contribution in [0.15, 0.2) is 83.9 Å². The van der Waals surface area contributed by atoms with Gasteiger partial charge in [0.2, 0.25) is 0 Å². The Labute approximate surface area is 291 Å². The second kappa shape index (κ2) is 14.6. The van der Waals surface area contributed by atoms with Crippen molar-refractivity contribution in [3.63, 3.8) is 0 Å². The van der Waals surface area contributed by atoms with Crippen LogP contribution in [0.3, 0.4) is 0 Å². The first-order valence-corrected chi connectivity index (χ1v) is 15.3. The minimum absolute atomic E-state index is 0.204. The second-order valence-corrected chi connectivity index (χ2v) is 12.1. The summed E-state index contributed by atoms with van der Waals surface area (Å²) in [6.07, 6.45) is 4.71. The minimum Gasteiger partial charge on any atom is -0.298 e. The van der Waals surface area contributed by atoms with E-state index in [-0.39, 0.29) is 47.4 Å². The molecule has 0 saturated heterocycles. The van der Waals surface area contributed by atoms with Gasteiger partial charge in [-0.15, -0.1) is 0 Å². The first kappa shape index (κ1) is 35.2. The highest BCUT2D eigenvalue weighted by atomic mass is 35.5. The van der Waals surface area contributed by atoms with Crippen molar-refractivity contribution in [1.29, 1.82) is 0 Å². The lowest BCUT2D eigenvalue weighted by molar-refractivity contribution is -0.394. The summed E-state index contributed by atoms with van der Waals surface area (Å²) in [6, 6.07) is 18.2. The van der Waals surface area contributed by atoms with Gasteiger partial charge < -0.3 is 0 Å². The van der Waals surface area contributed by atoms with Gasteiger partial charge in [-0.1, -0.05) is 47.5 Å². The molecule has 50 heavy (non-hydrogen) atoms. The van der Waals surface area contributed by atoms with Crippen LogP contribution in [-0.4, -0.2) is 32.3 Å². The number of nitrogens with zero attached hydrogens (tertiary/aromatic N) is 4. The fourth-order valence-electron chi connectivity index (χ4n) is 6.01. The van der Waals surface area contributed by atoms with Gasteiger partial charge in [0.15, 0.2) is 0 Å². The van der Waals surface area contributed by atoms with Crippen LogP contribution in [0.5, 0.6) is 0 Å². The molecule has 14 nitrogen and oxygen atoms in total. The van der Waals surface area contributed by atoms with Gasteiger partial charge in [0.1, 0.15) is 12.6 Å². The minimum atomic E-state index is -0.688. The molecule has 2 aliphatic carbocycles. The van der Waals surface area contributed by atoms with Crippen molar-refractivity contribution in [2.45, 2.75) is 24.7 Å². The summed E-state index contributed by atoms with van der Waals surface area (Å²) in [4.78, 5) is 65.1. The van der Waals surface area contributed by atoms with E-state index in [1.165, 1.54) is 24.3 Å². The molecule has 0 aliphatic heterocycles. The third-order valence-electron chi connectivity index (χ3n) is 8.39. The largest absolute Gasteiger partial charge is 0.298 e. The zero-order chi connectivity index (χ0) is 36.3. The molecule has 0 aromatic heterocycles. The van der Waals surface area contributed by atoms with E-state index in [0.29, 0.717) is 56.0 Å². The Morgan fingerprint density at radius 3 is 1.16 bits per heavy atom. The molecule has 4 aromatic rings. The number of halogens is 2. The van der Waals surface area contributed by atoms with Gasteiger partial charge in [0.05, 0.1) is 31.8 Å². The van der Waals surface area contributed by atoms with E-state index in [9.17, 15) is 50.0 Å². The number of rotatable bonds is 8. The van der Waals surface area contributed by atoms with Crippen LogP contribution in [-0.2, 0) is 22.4 Å². The van der Waals surface area contributed by atoms with Crippen LogP contribution >= 0.6 is 23.2 Å². The molecule has 0 unspecified atom stereocenters. The van der Waals surface area contributed by atoms with Gasteiger partial charge in [-0.05, 0) is 71.5 Å². The summed E-state index contributed by atoms with van der Waals surface area (Å²) < 4.78 is 0. The Kier molecular flexibility index (Phi) is 10.2. The summed E-state index contributed by atoms with van der Waals surface area (Å²) in [5.74, 6) is -0.746. The molecule has 4 aromatic carbocycles. The molecule has 16 heteroatoms. The fourth-order valence-corrected chi connectivity index (χ4v) is 6.26. The first-order chi connectivity index (χ1) is 23.8. The van der Waals surface area contributed by atoms with E-state index in [4.69, 9.17) is 23.2 Å². The van der Waals surface area contributed by atoms with Crippen molar-refractivity contribution in [3.8, 4) is 0 Å². The van der Waals surface area contributed by atoms with Crippen molar-refractivity contribution in [2.75, 3.05) is 0 Å². The van der Waals surface area contributed by atoms with Gasteiger partial charge in [-0.25, -0.2) is 0 Å². The van der Waals surface area contributed by atoms with Crippen LogP contribution in [0.1, 0.15) is 45.2 Å². The van der Waals surface area contributed by atoms with Crippen LogP contribution < -0.4 is 0 Å². The third kappa shape index (κ3) is 7.31. The SMILES string of the molecule is O=CC1=Cc2cc([N+](=O)[O-])cc([N+](=O)[O-])c2C[C@@H]1c1ccc(Cl)cc1.O=CC1=Cc2cc([N+](=O)[O-])cc([N+](=O)[O-])c2C[C@@H]1c1ccc(Cl)cc1. The predicted molar refractivity (Wildman–Crippen MR) is 183 cm³/mol. The number of hydrogen-bond acceptors (Lipinski definition) is 10. The van der Waals surface area contributed by atoms with E-state index in [1.54, 1.807) is 48.5 Å². The second-order valence-electron chi connectivity index (χ2n) is 11.2. The summed E-state index contributed by atoms with van der Waals surface area (Å²) >= 11 is 11.8. The summed E-state index contributed by atoms with van der Waals surface area (Å²) in [7, 11) is 0. The highest BCUT2D eigenvalue weighted by Crippen LogP contribution is 2.42. The Morgan fingerprint density at radius 2 is 0.880 bits per heavy atom. The molecule has 6 rings (SSSR count). The van der Waals surface area contributed by atoms with E-state index in [0.717, 1.165) is 23.3 Å². The number of carbonyl (C=O) groups excluding carboxylic acids is 2. The Bertz CT molecular complexity index is 2000. The van der Waals surface area contributed by atoms with Crippen molar-refractivity contribution < 1.29 is 29.3 Å². The van der Waals surface area contributed by atoms with Crippen molar-refractivity contribution in [1.82, 2.24) is 0 Å². The lowest BCUT2D eigenvalue weighted by atomic mass is 9.79. The standard InChI is InChI=1S/2C17H11ClN2O5/c2*18-13-3-1-10(2-4-13)15-8-16-11(5-12(15)9-21)6-14(19(22)23)7-17(16)20(24)25/h2*1-7,9,15H,8H2/t2*15-/m11/s1. The molecule has 0 heterocycles. The molecule has 0 spiro atoms. The zero-order valence-electron chi connectivity index (χ0n) is 25.4. The Balaban J connectivity index is 0.000000194. The molecule has 0 N–H and O–H groups in total. The van der Waals surface area contributed by atoms with Gasteiger partial charge in [0.25, 0.3) is 22.7 Å². The molecule has 0 radical (unpaired) electrons. The molecular formula is C34H22Cl2N4O10. The summed E-state index contributed by atoms with van der Waals surface area (Å²) in [6.45, 7) is 0. The van der Waals surface area contributed by atoms with Crippen molar-refractivity contribution >= 4 is 70.7 Å². The van der Waals surface area contributed by atoms with Crippen LogP contribution in [0.2, 0.25) is 10.0 Å². The lowest BCUT2D eigenvalue weighted by Crippen LogP contribution is -2.14. The third-order valence-corrected chi connectivity index (χ3v) is 8.89. The number of hydrogen-bond donors (Lipinski definition) is 0. The van der Waals surface area contributed by atoms with Gasteiger partial charge >= 0.3 is 0 Å². The monoisotopic (exact) mass is 716 g/mol. The Hall–Kier alpha value is -6.12. The maximum Gasteiger partial charge on any atom is 0.280 e. The van der Waals surface area contributed by atoms with Crippen LogP contribution in [0, 0.1) is 40.5 Å². The molecule has 252 valence electrons. The molecule has 2 atom stereocenters. The van der Waals surface area contributed by atoms with Gasteiger partial charge in [-0.3, -0.25) is 50.0 Å². The molecule has 2 aliphatic rings.